The first-order chi connectivity index (χ1) is 8.58. The van der Waals surface area contributed by atoms with Gasteiger partial charge in [0.05, 0.1) is 6.61 Å². The number of hydrogen-bond acceptors (Lipinski definition) is 1. The van der Waals surface area contributed by atoms with Crippen molar-refractivity contribution < 1.29 is 4.74 Å². The maximum atomic E-state index is 5.49. The molecule has 0 saturated heterocycles. The molecule has 0 aliphatic heterocycles. The summed E-state index contributed by atoms with van der Waals surface area (Å²) in [5.74, 6) is 2.99. The van der Waals surface area contributed by atoms with Crippen molar-refractivity contribution in [3.8, 4) is 0 Å². The SMILES string of the molecule is C/C=C(\C=C(/C)CCC1CC1C)OCC.CCC. The van der Waals surface area contributed by atoms with Crippen LogP contribution in [-0.4, -0.2) is 6.61 Å². The molecule has 1 aliphatic rings. The van der Waals surface area contributed by atoms with Crippen LogP contribution < -0.4 is 0 Å². The van der Waals surface area contributed by atoms with Crippen molar-refractivity contribution in [3.63, 3.8) is 0 Å². The molecule has 0 aromatic heterocycles. The van der Waals surface area contributed by atoms with Crippen LogP contribution in [0.1, 0.15) is 67.2 Å². The van der Waals surface area contributed by atoms with Crippen LogP contribution in [0.3, 0.4) is 0 Å². The molecule has 0 N–H and O–H groups in total. The normalized spacial score (nSPS) is 23.2. The van der Waals surface area contributed by atoms with Crippen LogP contribution in [0.4, 0.5) is 0 Å². The van der Waals surface area contributed by atoms with E-state index in [9.17, 15) is 0 Å². The quantitative estimate of drug-likeness (QED) is 0.433. The lowest BCUT2D eigenvalue weighted by molar-refractivity contribution is 0.241. The molecule has 1 heteroatoms. The third-order valence-corrected chi connectivity index (χ3v) is 3.17. The Kier molecular flexibility index (Phi) is 9.82. The van der Waals surface area contributed by atoms with E-state index in [4.69, 9.17) is 4.74 Å². The standard InChI is InChI=1S/C14H24O.C3H8/c1-5-14(15-6-2)9-11(3)7-8-13-10-12(13)4;1-3-2/h5,9,12-13H,6-8,10H2,1-4H3;3H2,1-2H3/b11-9+,14-5+;. The fourth-order valence-corrected chi connectivity index (χ4v) is 1.90. The van der Waals surface area contributed by atoms with Gasteiger partial charge in [-0.25, -0.2) is 0 Å². The molecule has 0 aromatic carbocycles. The number of rotatable bonds is 6. The largest absolute Gasteiger partial charge is 0.494 e. The van der Waals surface area contributed by atoms with Gasteiger partial charge in [0, 0.05) is 0 Å². The van der Waals surface area contributed by atoms with Gasteiger partial charge in [0.2, 0.25) is 0 Å². The Morgan fingerprint density at radius 2 is 1.83 bits per heavy atom. The number of allylic oxidation sites excluding steroid dienone is 3. The molecule has 1 fully saturated rings. The van der Waals surface area contributed by atoms with Crippen LogP contribution in [0.2, 0.25) is 0 Å². The third kappa shape index (κ3) is 8.38. The highest BCUT2D eigenvalue weighted by Gasteiger charge is 2.31. The first-order valence-corrected chi connectivity index (χ1v) is 7.55. The Balaban J connectivity index is 0.000000873. The first kappa shape index (κ1) is 17.3. The van der Waals surface area contributed by atoms with Gasteiger partial charge in [-0.15, -0.1) is 0 Å². The van der Waals surface area contributed by atoms with Gasteiger partial charge in [-0.1, -0.05) is 32.8 Å². The van der Waals surface area contributed by atoms with Crippen LogP contribution in [0, 0.1) is 11.8 Å². The van der Waals surface area contributed by atoms with E-state index in [0.717, 1.165) is 24.2 Å². The second-order valence-corrected chi connectivity index (χ2v) is 5.33. The lowest BCUT2D eigenvalue weighted by Crippen LogP contribution is -1.90. The molecular weight excluding hydrogens is 220 g/mol. The molecule has 0 spiro atoms. The van der Waals surface area contributed by atoms with E-state index in [1.165, 1.54) is 31.3 Å². The summed E-state index contributed by atoms with van der Waals surface area (Å²) < 4.78 is 5.49. The predicted molar refractivity (Wildman–Crippen MR) is 81.6 cm³/mol. The summed E-state index contributed by atoms with van der Waals surface area (Å²) in [4.78, 5) is 0. The molecule has 106 valence electrons. The van der Waals surface area contributed by atoms with Crippen LogP contribution in [0.15, 0.2) is 23.5 Å². The minimum absolute atomic E-state index is 0.753. The Hall–Kier alpha value is -0.720. The van der Waals surface area contributed by atoms with Crippen molar-refractivity contribution in [3.05, 3.63) is 23.5 Å². The van der Waals surface area contributed by atoms with Gasteiger partial charge in [-0.3, -0.25) is 0 Å². The smallest absolute Gasteiger partial charge is 0.114 e. The molecule has 0 aromatic rings. The van der Waals surface area contributed by atoms with Gasteiger partial charge in [-0.2, -0.15) is 0 Å². The van der Waals surface area contributed by atoms with Crippen molar-refractivity contribution in [1.29, 1.82) is 0 Å². The molecule has 0 bridgehead atoms. The molecule has 2 unspecified atom stereocenters. The van der Waals surface area contributed by atoms with E-state index in [0.29, 0.717) is 0 Å². The van der Waals surface area contributed by atoms with Crippen LogP contribution in [-0.2, 0) is 4.74 Å². The van der Waals surface area contributed by atoms with E-state index in [1.54, 1.807) is 0 Å². The maximum absolute atomic E-state index is 5.49. The minimum Gasteiger partial charge on any atom is -0.494 e. The molecule has 1 nitrogen and oxygen atoms in total. The molecule has 0 heterocycles. The van der Waals surface area contributed by atoms with Gasteiger partial charge < -0.3 is 4.74 Å². The molecule has 2 atom stereocenters. The van der Waals surface area contributed by atoms with Gasteiger partial charge in [0.25, 0.3) is 0 Å². The highest BCUT2D eigenvalue weighted by Crippen LogP contribution is 2.41. The first-order valence-electron chi connectivity index (χ1n) is 7.55. The molecule has 0 radical (unpaired) electrons. The molecular formula is C17H32O. The Morgan fingerprint density at radius 1 is 1.28 bits per heavy atom. The van der Waals surface area contributed by atoms with Crippen molar-refractivity contribution in [1.82, 2.24) is 0 Å². The number of hydrogen-bond donors (Lipinski definition) is 0. The summed E-state index contributed by atoms with van der Waals surface area (Å²) in [7, 11) is 0. The molecule has 0 amide bonds. The Labute approximate surface area is 114 Å². The van der Waals surface area contributed by atoms with E-state index in [1.807, 2.05) is 19.9 Å². The zero-order valence-electron chi connectivity index (χ0n) is 13.3. The fraction of sp³-hybridized carbons (Fsp3) is 0.765. The lowest BCUT2D eigenvalue weighted by Gasteiger charge is -2.05. The predicted octanol–water partition coefficient (Wildman–Crippen LogP) is 5.73. The summed E-state index contributed by atoms with van der Waals surface area (Å²) >= 11 is 0. The van der Waals surface area contributed by atoms with Crippen molar-refractivity contribution in [2.24, 2.45) is 11.8 Å². The van der Waals surface area contributed by atoms with E-state index >= 15 is 0 Å². The van der Waals surface area contributed by atoms with Gasteiger partial charge >= 0.3 is 0 Å². The maximum Gasteiger partial charge on any atom is 0.114 e. The highest BCUT2D eigenvalue weighted by atomic mass is 16.5. The zero-order chi connectivity index (χ0) is 14.0. The molecule has 1 saturated carbocycles. The number of ether oxygens (including phenoxy) is 1. The average molecular weight is 252 g/mol. The summed E-state index contributed by atoms with van der Waals surface area (Å²) in [5.41, 5.74) is 1.44. The summed E-state index contributed by atoms with van der Waals surface area (Å²) in [6.45, 7) is 13.6. The average Bonchev–Trinajstić information content (AvgIpc) is 3.03. The van der Waals surface area contributed by atoms with E-state index in [2.05, 4.69) is 33.8 Å². The van der Waals surface area contributed by atoms with Gasteiger partial charge in [0.15, 0.2) is 0 Å². The summed E-state index contributed by atoms with van der Waals surface area (Å²) in [6.07, 6.45) is 9.48. The summed E-state index contributed by atoms with van der Waals surface area (Å²) in [6, 6.07) is 0. The van der Waals surface area contributed by atoms with Gasteiger partial charge in [0.1, 0.15) is 5.76 Å². The Morgan fingerprint density at radius 3 is 2.22 bits per heavy atom. The zero-order valence-corrected chi connectivity index (χ0v) is 13.3. The molecule has 1 rings (SSSR count). The molecule has 1 aliphatic carbocycles. The fourth-order valence-electron chi connectivity index (χ4n) is 1.90. The van der Waals surface area contributed by atoms with Crippen molar-refractivity contribution >= 4 is 0 Å². The van der Waals surface area contributed by atoms with E-state index in [-0.39, 0.29) is 0 Å². The third-order valence-electron chi connectivity index (χ3n) is 3.17. The lowest BCUT2D eigenvalue weighted by atomic mass is 10.1. The monoisotopic (exact) mass is 252 g/mol. The van der Waals surface area contributed by atoms with Crippen LogP contribution in [0.25, 0.3) is 0 Å². The topological polar surface area (TPSA) is 9.23 Å². The van der Waals surface area contributed by atoms with Gasteiger partial charge in [-0.05, 0) is 64.0 Å². The van der Waals surface area contributed by atoms with Crippen LogP contribution in [0.5, 0.6) is 0 Å². The highest BCUT2D eigenvalue weighted by molar-refractivity contribution is 5.17. The second-order valence-electron chi connectivity index (χ2n) is 5.33. The minimum atomic E-state index is 0.753. The molecule has 18 heavy (non-hydrogen) atoms. The van der Waals surface area contributed by atoms with E-state index < -0.39 is 0 Å². The van der Waals surface area contributed by atoms with Crippen LogP contribution >= 0.6 is 0 Å². The summed E-state index contributed by atoms with van der Waals surface area (Å²) in [5, 5.41) is 0. The Bertz CT molecular complexity index is 263. The van der Waals surface area contributed by atoms with Crippen molar-refractivity contribution in [2.45, 2.75) is 67.2 Å². The van der Waals surface area contributed by atoms with Crippen molar-refractivity contribution in [2.75, 3.05) is 6.61 Å². The second kappa shape index (κ2) is 10.2.